The molecule has 0 spiro atoms. The topological polar surface area (TPSA) is 65.1 Å². The number of rotatable bonds is 6. The molecule has 0 bridgehead atoms. The van der Waals surface area contributed by atoms with E-state index < -0.39 is 0 Å². The van der Waals surface area contributed by atoms with Crippen LogP contribution < -0.4 is 11.3 Å². The van der Waals surface area contributed by atoms with Crippen LogP contribution in [0, 0.1) is 0 Å². The minimum atomic E-state index is 0.0234. The fraction of sp³-hybridized carbons (Fsp3) is 0.667. The van der Waals surface area contributed by atoms with E-state index in [1.165, 1.54) is 0 Å². The molecule has 5 heteroatoms. The van der Waals surface area contributed by atoms with Gasteiger partial charge in [0, 0.05) is 25.4 Å². The molecule has 0 fully saturated rings. The van der Waals surface area contributed by atoms with Crippen LogP contribution in [0.5, 0.6) is 0 Å². The van der Waals surface area contributed by atoms with Gasteiger partial charge in [0.25, 0.3) is 0 Å². The Balaban J connectivity index is 2.45. The van der Waals surface area contributed by atoms with E-state index in [0.717, 1.165) is 18.6 Å². The smallest absolute Gasteiger partial charge is 0.0724 e. The Morgan fingerprint density at radius 1 is 1.71 bits per heavy atom. The van der Waals surface area contributed by atoms with Crippen molar-refractivity contribution in [2.24, 2.45) is 12.9 Å². The standard InChI is InChI=1S/C9H18N4O/c1-3-4-14-7-9(12-10)8-5-11-13(2)6-8/h5-6,9,12H,3-4,7,10H2,1-2H3. The van der Waals surface area contributed by atoms with Gasteiger partial charge in [-0.1, -0.05) is 6.92 Å². The van der Waals surface area contributed by atoms with Crippen molar-refractivity contribution < 1.29 is 4.74 Å². The first-order valence-corrected chi connectivity index (χ1v) is 4.80. The average Bonchev–Trinajstić information content (AvgIpc) is 2.60. The van der Waals surface area contributed by atoms with Crippen molar-refractivity contribution in [3.63, 3.8) is 0 Å². The van der Waals surface area contributed by atoms with Crippen molar-refractivity contribution in [2.45, 2.75) is 19.4 Å². The maximum absolute atomic E-state index is 5.43. The lowest BCUT2D eigenvalue weighted by Gasteiger charge is -2.13. The van der Waals surface area contributed by atoms with Gasteiger partial charge in [-0.15, -0.1) is 0 Å². The second-order valence-corrected chi connectivity index (χ2v) is 3.24. The quantitative estimate of drug-likeness (QED) is 0.393. The number of aromatic nitrogens is 2. The lowest BCUT2D eigenvalue weighted by molar-refractivity contribution is 0.112. The summed E-state index contributed by atoms with van der Waals surface area (Å²) in [7, 11) is 1.88. The molecule has 1 unspecified atom stereocenters. The third-order valence-corrected chi connectivity index (χ3v) is 1.96. The molecular formula is C9H18N4O. The first-order chi connectivity index (χ1) is 6.77. The molecule has 0 aliphatic heterocycles. The van der Waals surface area contributed by atoms with Gasteiger partial charge in [-0.05, 0) is 6.42 Å². The molecule has 1 rings (SSSR count). The van der Waals surface area contributed by atoms with Crippen LogP contribution in [0.3, 0.4) is 0 Å². The largest absolute Gasteiger partial charge is 0.379 e. The molecule has 0 saturated carbocycles. The van der Waals surface area contributed by atoms with Crippen molar-refractivity contribution in [2.75, 3.05) is 13.2 Å². The van der Waals surface area contributed by atoms with Gasteiger partial charge in [0.05, 0.1) is 18.8 Å². The van der Waals surface area contributed by atoms with E-state index in [1.54, 1.807) is 10.9 Å². The SMILES string of the molecule is CCCOCC(NN)c1cnn(C)c1. The normalized spacial score (nSPS) is 13.1. The molecule has 14 heavy (non-hydrogen) atoms. The van der Waals surface area contributed by atoms with Crippen LogP contribution in [0.15, 0.2) is 12.4 Å². The number of nitrogens with one attached hydrogen (secondary N) is 1. The molecule has 0 aliphatic carbocycles. The van der Waals surface area contributed by atoms with E-state index in [4.69, 9.17) is 10.6 Å². The third-order valence-electron chi connectivity index (χ3n) is 1.96. The fourth-order valence-electron chi connectivity index (χ4n) is 1.21. The van der Waals surface area contributed by atoms with E-state index in [1.807, 2.05) is 13.2 Å². The van der Waals surface area contributed by atoms with Gasteiger partial charge >= 0.3 is 0 Å². The summed E-state index contributed by atoms with van der Waals surface area (Å²) in [6.07, 6.45) is 4.74. The Morgan fingerprint density at radius 2 is 2.50 bits per heavy atom. The highest BCUT2D eigenvalue weighted by atomic mass is 16.5. The molecule has 1 atom stereocenters. The lowest BCUT2D eigenvalue weighted by atomic mass is 10.2. The van der Waals surface area contributed by atoms with Crippen LogP contribution in [-0.2, 0) is 11.8 Å². The second-order valence-electron chi connectivity index (χ2n) is 3.24. The van der Waals surface area contributed by atoms with Crippen LogP contribution >= 0.6 is 0 Å². The molecular weight excluding hydrogens is 180 g/mol. The zero-order valence-electron chi connectivity index (χ0n) is 8.73. The Morgan fingerprint density at radius 3 is 3.00 bits per heavy atom. The zero-order chi connectivity index (χ0) is 10.4. The fourth-order valence-corrected chi connectivity index (χ4v) is 1.21. The van der Waals surface area contributed by atoms with Crippen LogP contribution in [0.25, 0.3) is 0 Å². The minimum absolute atomic E-state index is 0.0234. The molecule has 1 aromatic heterocycles. The van der Waals surface area contributed by atoms with E-state index in [9.17, 15) is 0 Å². The van der Waals surface area contributed by atoms with Crippen molar-refractivity contribution in [3.05, 3.63) is 18.0 Å². The molecule has 3 N–H and O–H groups in total. The van der Waals surface area contributed by atoms with Gasteiger partial charge in [0.2, 0.25) is 0 Å². The van der Waals surface area contributed by atoms with E-state index in [0.29, 0.717) is 6.61 Å². The Hall–Kier alpha value is -0.910. The van der Waals surface area contributed by atoms with Crippen molar-refractivity contribution in [3.8, 4) is 0 Å². The summed E-state index contributed by atoms with van der Waals surface area (Å²) in [5.74, 6) is 5.43. The molecule has 0 radical (unpaired) electrons. The maximum atomic E-state index is 5.43. The summed E-state index contributed by atoms with van der Waals surface area (Å²) >= 11 is 0. The van der Waals surface area contributed by atoms with Gasteiger partial charge in [-0.25, -0.2) is 0 Å². The van der Waals surface area contributed by atoms with Gasteiger partial charge in [0.15, 0.2) is 0 Å². The molecule has 1 heterocycles. The summed E-state index contributed by atoms with van der Waals surface area (Å²) in [4.78, 5) is 0. The van der Waals surface area contributed by atoms with Crippen LogP contribution in [0.2, 0.25) is 0 Å². The van der Waals surface area contributed by atoms with E-state index in [2.05, 4.69) is 17.4 Å². The number of aryl methyl sites for hydroxylation is 1. The van der Waals surface area contributed by atoms with Gasteiger partial charge in [0.1, 0.15) is 0 Å². The van der Waals surface area contributed by atoms with Gasteiger partial charge < -0.3 is 4.74 Å². The number of hydrazine groups is 1. The summed E-state index contributed by atoms with van der Waals surface area (Å²) in [5, 5.41) is 4.08. The van der Waals surface area contributed by atoms with Gasteiger partial charge in [-0.2, -0.15) is 5.10 Å². The van der Waals surface area contributed by atoms with Crippen LogP contribution in [0.4, 0.5) is 0 Å². The zero-order valence-corrected chi connectivity index (χ0v) is 8.73. The lowest BCUT2D eigenvalue weighted by Crippen LogP contribution is -2.31. The Bertz CT molecular complexity index is 261. The highest BCUT2D eigenvalue weighted by Gasteiger charge is 2.10. The summed E-state index contributed by atoms with van der Waals surface area (Å²) in [5.41, 5.74) is 3.76. The van der Waals surface area contributed by atoms with Crippen LogP contribution in [-0.4, -0.2) is 23.0 Å². The first kappa shape index (κ1) is 11.2. The molecule has 5 nitrogen and oxygen atoms in total. The maximum Gasteiger partial charge on any atom is 0.0724 e. The molecule has 80 valence electrons. The van der Waals surface area contributed by atoms with Crippen molar-refractivity contribution in [1.82, 2.24) is 15.2 Å². The predicted octanol–water partition coefficient (Wildman–Crippen LogP) is 0.351. The Kier molecular flexibility index (Phi) is 4.58. The van der Waals surface area contributed by atoms with E-state index >= 15 is 0 Å². The molecule has 0 saturated heterocycles. The number of ether oxygens (including phenoxy) is 1. The molecule has 0 aliphatic rings. The van der Waals surface area contributed by atoms with Crippen LogP contribution in [0.1, 0.15) is 24.9 Å². The Labute approximate surface area is 84.2 Å². The molecule has 0 aromatic carbocycles. The van der Waals surface area contributed by atoms with Crippen molar-refractivity contribution >= 4 is 0 Å². The first-order valence-electron chi connectivity index (χ1n) is 4.80. The number of hydrogen-bond acceptors (Lipinski definition) is 4. The number of nitrogens with two attached hydrogens (primary N) is 1. The van der Waals surface area contributed by atoms with Gasteiger partial charge in [-0.3, -0.25) is 16.0 Å². The minimum Gasteiger partial charge on any atom is -0.379 e. The number of nitrogens with zero attached hydrogens (tertiary/aromatic N) is 2. The predicted molar refractivity (Wildman–Crippen MR) is 54.4 cm³/mol. The molecule has 0 amide bonds. The average molecular weight is 198 g/mol. The third kappa shape index (κ3) is 3.10. The summed E-state index contributed by atoms with van der Waals surface area (Å²) in [6.45, 7) is 3.42. The monoisotopic (exact) mass is 198 g/mol. The highest BCUT2D eigenvalue weighted by molar-refractivity contribution is 5.09. The second kappa shape index (κ2) is 5.74. The summed E-state index contributed by atoms with van der Waals surface area (Å²) < 4.78 is 7.17. The molecule has 1 aromatic rings. The van der Waals surface area contributed by atoms with Crippen molar-refractivity contribution in [1.29, 1.82) is 0 Å². The highest BCUT2D eigenvalue weighted by Crippen LogP contribution is 2.10. The van der Waals surface area contributed by atoms with E-state index in [-0.39, 0.29) is 6.04 Å². The summed E-state index contributed by atoms with van der Waals surface area (Å²) in [6, 6.07) is 0.0234. The number of hydrogen-bond donors (Lipinski definition) is 2.